The SMILES string of the molecule is [C-]#[N+]c1ccc(-n2c3ccccc3c3ccccc32)c(-c2ccc3oc4c(ccc5c6ccccc6oc54)c3c2)c1. The van der Waals surface area contributed by atoms with Crippen LogP contribution < -0.4 is 0 Å². The molecule has 0 amide bonds. The summed E-state index contributed by atoms with van der Waals surface area (Å²) in [5.74, 6) is 0. The molecule has 0 aliphatic carbocycles. The highest BCUT2D eigenvalue weighted by Crippen LogP contribution is 2.42. The molecule has 4 heteroatoms. The first-order chi connectivity index (χ1) is 20.3. The van der Waals surface area contributed by atoms with Gasteiger partial charge in [0, 0.05) is 32.3 Å². The van der Waals surface area contributed by atoms with Gasteiger partial charge in [0.1, 0.15) is 11.2 Å². The van der Waals surface area contributed by atoms with Gasteiger partial charge in [-0.2, -0.15) is 0 Å². The molecule has 190 valence electrons. The van der Waals surface area contributed by atoms with Gasteiger partial charge in [-0.15, -0.1) is 0 Å². The van der Waals surface area contributed by atoms with Crippen molar-refractivity contribution in [1.29, 1.82) is 0 Å². The molecule has 4 nitrogen and oxygen atoms in total. The average molecular weight is 525 g/mol. The van der Waals surface area contributed by atoms with Gasteiger partial charge in [0.2, 0.25) is 0 Å². The van der Waals surface area contributed by atoms with E-state index in [4.69, 9.17) is 15.4 Å². The van der Waals surface area contributed by atoms with E-state index in [-0.39, 0.29) is 0 Å². The molecule has 3 heterocycles. The number of fused-ring (bicyclic) bond motifs is 10. The minimum atomic E-state index is 0.602. The Morgan fingerprint density at radius 3 is 1.83 bits per heavy atom. The van der Waals surface area contributed by atoms with Crippen molar-refractivity contribution < 1.29 is 8.83 Å². The zero-order valence-electron chi connectivity index (χ0n) is 21.8. The number of hydrogen-bond donors (Lipinski definition) is 0. The predicted octanol–water partition coefficient (Wildman–Crippen LogP) is 10.8. The number of rotatable bonds is 2. The zero-order chi connectivity index (χ0) is 27.1. The topological polar surface area (TPSA) is 35.6 Å². The van der Waals surface area contributed by atoms with Gasteiger partial charge < -0.3 is 13.4 Å². The average Bonchev–Trinajstić information content (AvgIpc) is 3.70. The van der Waals surface area contributed by atoms with Gasteiger partial charge in [0.25, 0.3) is 0 Å². The molecule has 0 fully saturated rings. The maximum Gasteiger partial charge on any atom is 0.188 e. The van der Waals surface area contributed by atoms with Crippen molar-refractivity contribution in [3.63, 3.8) is 0 Å². The first-order valence-corrected chi connectivity index (χ1v) is 13.6. The number of furan rings is 2. The molecule has 0 bridgehead atoms. The highest BCUT2D eigenvalue weighted by Gasteiger charge is 2.19. The standard InChI is InChI=1S/C37H20N2O2/c1-38-23-15-18-33(39-31-11-5-2-8-24(31)25-9-3-6-12-32(25)39)29(21-23)22-14-19-35-30(20-22)28-17-16-27-26-10-4-7-13-34(26)40-36(27)37(28)41-35/h2-21H. The van der Waals surface area contributed by atoms with Crippen LogP contribution >= 0.6 is 0 Å². The molecule has 0 aliphatic rings. The van der Waals surface area contributed by atoms with Crippen molar-refractivity contribution >= 4 is 71.4 Å². The van der Waals surface area contributed by atoms with Crippen LogP contribution in [0.4, 0.5) is 5.69 Å². The summed E-state index contributed by atoms with van der Waals surface area (Å²) in [5.41, 5.74) is 9.08. The van der Waals surface area contributed by atoms with E-state index in [1.807, 2.05) is 36.4 Å². The molecule has 0 aliphatic heterocycles. The van der Waals surface area contributed by atoms with Crippen molar-refractivity contribution in [1.82, 2.24) is 4.57 Å². The lowest BCUT2D eigenvalue weighted by Crippen LogP contribution is -1.97. The van der Waals surface area contributed by atoms with Crippen molar-refractivity contribution in [3.05, 3.63) is 133 Å². The van der Waals surface area contributed by atoms with E-state index in [1.165, 1.54) is 10.8 Å². The molecular weight excluding hydrogens is 504 g/mol. The molecule has 3 aromatic heterocycles. The van der Waals surface area contributed by atoms with E-state index < -0.39 is 0 Å². The second-order valence-corrected chi connectivity index (χ2v) is 10.4. The van der Waals surface area contributed by atoms with Crippen molar-refractivity contribution in [2.24, 2.45) is 0 Å². The van der Waals surface area contributed by atoms with Crippen LogP contribution in [0.3, 0.4) is 0 Å². The van der Waals surface area contributed by atoms with E-state index in [9.17, 15) is 0 Å². The van der Waals surface area contributed by atoms with Gasteiger partial charge in [-0.1, -0.05) is 66.7 Å². The third-order valence-corrected chi connectivity index (χ3v) is 8.22. The summed E-state index contributed by atoms with van der Waals surface area (Å²) < 4.78 is 15.0. The Kier molecular flexibility index (Phi) is 4.37. The van der Waals surface area contributed by atoms with Gasteiger partial charge in [-0.3, -0.25) is 0 Å². The lowest BCUT2D eigenvalue weighted by Gasteiger charge is -2.15. The fourth-order valence-electron chi connectivity index (χ4n) is 6.39. The quantitative estimate of drug-likeness (QED) is 0.211. The first-order valence-electron chi connectivity index (χ1n) is 13.6. The van der Waals surface area contributed by atoms with Crippen molar-refractivity contribution in [2.75, 3.05) is 0 Å². The van der Waals surface area contributed by atoms with Crippen molar-refractivity contribution in [2.45, 2.75) is 0 Å². The van der Waals surface area contributed by atoms with Crippen LogP contribution in [0.25, 0.3) is 87.3 Å². The molecule has 41 heavy (non-hydrogen) atoms. The molecule has 0 saturated carbocycles. The van der Waals surface area contributed by atoms with Crippen LogP contribution in [-0.4, -0.2) is 4.57 Å². The van der Waals surface area contributed by atoms with Crippen LogP contribution in [-0.2, 0) is 0 Å². The number of nitrogens with zero attached hydrogens (tertiary/aromatic N) is 2. The Bertz CT molecular complexity index is 2500. The number of benzene rings is 6. The first kappa shape index (κ1) is 22.1. The highest BCUT2D eigenvalue weighted by molar-refractivity contribution is 6.19. The van der Waals surface area contributed by atoms with E-state index in [0.717, 1.165) is 71.7 Å². The predicted molar refractivity (Wildman–Crippen MR) is 167 cm³/mol. The third-order valence-electron chi connectivity index (χ3n) is 8.22. The molecule has 6 aromatic carbocycles. The lowest BCUT2D eigenvalue weighted by molar-refractivity contribution is 0.633. The minimum absolute atomic E-state index is 0.602. The molecule has 0 spiro atoms. The number of hydrogen-bond acceptors (Lipinski definition) is 2. The Hall–Kier alpha value is -5.79. The summed E-state index contributed by atoms with van der Waals surface area (Å²) in [6.45, 7) is 7.74. The van der Waals surface area contributed by atoms with E-state index >= 15 is 0 Å². The van der Waals surface area contributed by atoms with Crippen LogP contribution in [0, 0.1) is 6.57 Å². The summed E-state index contributed by atoms with van der Waals surface area (Å²) in [4.78, 5) is 3.77. The molecule has 9 rings (SSSR count). The summed E-state index contributed by atoms with van der Waals surface area (Å²) in [7, 11) is 0. The Morgan fingerprint density at radius 1 is 0.512 bits per heavy atom. The fourth-order valence-corrected chi connectivity index (χ4v) is 6.39. The van der Waals surface area contributed by atoms with Gasteiger partial charge in [-0.25, -0.2) is 4.85 Å². The number of para-hydroxylation sites is 3. The summed E-state index contributed by atoms with van der Waals surface area (Å²) in [6, 6.07) is 41.5. The zero-order valence-corrected chi connectivity index (χ0v) is 21.8. The Labute approximate surface area is 234 Å². The van der Waals surface area contributed by atoms with Crippen LogP contribution in [0.2, 0.25) is 0 Å². The maximum atomic E-state index is 7.74. The third kappa shape index (κ3) is 3.03. The molecule has 0 radical (unpaired) electrons. The summed E-state index contributed by atoms with van der Waals surface area (Å²) in [5, 5.41) is 6.56. The normalized spacial score (nSPS) is 11.9. The molecule has 0 unspecified atom stereocenters. The van der Waals surface area contributed by atoms with E-state index in [2.05, 4.69) is 94.3 Å². The van der Waals surface area contributed by atoms with Crippen LogP contribution in [0.1, 0.15) is 0 Å². The minimum Gasteiger partial charge on any atom is -0.452 e. The lowest BCUT2D eigenvalue weighted by atomic mass is 9.99. The monoisotopic (exact) mass is 524 g/mol. The molecule has 0 saturated heterocycles. The molecule has 9 aromatic rings. The smallest absolute Gasteiger partial charge is 0.188 e. The van der Waals surface area contributed by atoms with Gasteiger partial charge in [0.15, 0.2) is 16.9 Å². The summed E-state index contributed by atoms with van der Waals surface area (Å²) >= 11 is 0. The van der Waals surface area contributed by atoms with Gasteiger partial charge >= 0.3 is 0 Å². The largest absolute Gasteiger partial charge is 0.452 e. The molecule has 0 N–H and O–H groups in total. The Balaban J connectivity index is 1.33. The van der Waals surface area contributed by atoms with E-state index in [1.54, 1.807) is 0 Å². The van der Waals surface area contributed by atoms with Crippen molar-refractivity contribution in [3.8, 4) is 16.8 Å². The second-order valence-electron chi connectivity index (χ2n) is 10.4. The fraction of sp³-hybridized carbons (Fsp3) is 0. The highest BCUT2D eigenvalue weighted by atomic mass is 16.4. The van der Waals surface area contributed by atoms with Gasteiger partial charge in [-0.05, 0) is 65.7 Å². The van der Waals surface area contributed by atoms with Gasteiger partial charge in [0.05, 0.1) is 23.3 Å². The Morgan fingerprint density at radius 2 is 1.12 bits per heavy atom. The van der Waals surface area contributed by atoms with Crippen LogP contribution in [0.15, 0.2) is 130 Å². The molecule has 0 atom stereocenters. The molecular formula is C37H20N2O2. The summed E-state index contributed by atoms with van der Waals surface area (Å²) in [6.07, 6.45) is 0. The number of aromatic nitrogens is 1. The maximum absolute atomic E-state index is 7.74. The van der Waals surface area contributed by atoms with E-state index in [0.29, 0.717) is 5.69 Å². The second kappa shape index (κ2) is 8.11. The van der Waals surface area contributed by atoms with Crippen LogP contribution in [0.5, 0.6) is 0 Å².